The lowest BCUT2D eigenvalue weighted by Gasteiger charge is -2.55. The summed E-state index contributed by atoms with van der Waals surface area (Å²) in [4.78, 5) is 40.1. The first-order chi connectivity index (χ1) is 28.5. The topological polar surface area (TPSA) is 197 Å². The summed E-state index contributed by atoms with van der Waals surface area (Å²) in [6.07, 6.45) is -5.39. The van der Waals surface area contributed by atoms with Gasteiger partial charge in [0, 0.05) is 31.1 Å². The summed E-state index contributed by atoms with van der Waals surface area (Å²) in [6, 6.07) is 11.8. The fourth-order valence-electron chi connectivity index (χ4n) is 11.0. The summed E-state index contributed by atoms with van der Waals surface area (Å²) in [6.45, 7) is 9.05. The number of aromatic hydroxyl groups is 1. The number of aliphatic hydroxyl groups is 3. The van der Waals surface area contributed by atoms with Crippen LogP contribution in [0.3, 0.4) is 0 Å². The molecule has 0 spiro atoms. The molecule has 0 unspecified atom stereocenters. The Morgan fingerprint density at radius 3 is 2.37 bits per heavy atom. The SMILES string of the molecule is COc1ccc(C(=O)O[C@H]2[C@H](O[C@@H]3CCO[C@H](O[C@H]4C[C@H]5[C@@H]6CCc7cc(O)ccc7[C@H]6CC[C@]5(C)[C@@]4(O)[C@H](C)C(=O)CCC(C)C)[C@H]3OC(C)=O)OC[C@@H](O)[C@@H]2O)cc1. The van der Waals surface area contributed by atoms with E-state index in [2.05, 4.69) is 20.8 Å². The quantitative estimate of drug-likeness (QED) is 0.197. The highest BCUT2D eigenvalue weighted by atomic mass is 16.7. The number of carbonyl (C=O) groups is 3. The third-order valence-electron chi connectivity index (χ3n) is 14.3. The minimum absolute atomic E-state index is 0.0268. The Bertz CT molecular complexity index is 1850. The first kappa shape index (κ1) is 44.4. The molecule has 14 heteroatoms. The van der Waals surface area contributed by atoms with E-state index in [-0.39, 0.29) is 54.5 Å². The summed E-state index contributed by atoms with van der Waals surface area (Å²) in [7, 11) is 1.50. The first-order valence-electron chi connectivity index (χ1n) is 21.5. The number of phenolic OH excluding ortho intramolecular Hbond substituents is 1. The number of Topliss-reactive ketones (excluding diaryl/α,β-unsaturated/α-hetero) is 1. The minimum Gasteiger partial charge on any atom is -0.508 e. The van der Waals surface area contributed by atoms with Gasteiger partial charge in [-0.3, -0.25) is 9.59 Å². The van der Waals surface area contributed by atoms with Gasteiger partial charge in [0.15, 0.2) is 24.8 Å². The molecule has 330 valence electrons. The van der Waals surface area contributed by atoms with Gasteiger partial charge in [-0.2, -0.15) is 0 Å². The van der Waals surface area contributed by atoms with Crippen molar-refractivity contribution in [1.29, 1.82) is 0 Å². The Morgan fingerprint density at radius 1 is 0.933 bits per heavy atom. The highest BCUT2D eigenvalue weighted by Gasteiger charge is 2.69. The highest BCUT2D eigenvalue weighted by Crippen LogP contribution is 2.67. The van der Waals surface area contributed by atoms with Gasteiger partial charge in [-0.1, -0.05) is 33.8 Å². The maximum atomic E-state index is 14.1. The molecule has 14 atom stereocenters. The van der Waals surface area contributed by atoms with Crippen molar-refractivity contribution in [3.05, 3.63) is 59.2 Å². The number of hydrogen-bond acceptors (Lipinski definition) is 14. The Morgan fingerprint density at radius 2 is 1.67 bits per heavy atom. The van der Waals surface area contributed by atoms with Gasteiger partial charge in [-0.25, -0.2) is 4.79 Å². The molecule has 0 bridgehead atoms. The number of phenols is 1. The molecule has 60 heavy (non-hydrogen) atoms. The zero-order valence-corrected chi connectivity index (χ0v) is 35.5. The highest BCUT2D eigenvalue weighted by molar-refractivity contribution is 5.89. The van der Waals surface area contributed by atoms with Gasteiger partial charge >= 0.3 is 11.9 Å². The van der Waals surface area contributed by atoms with E-state index in [9.17, 15) is 34.8 Å². The van der Waals surface area contributed by atoms with Gasteiger partial charge in [-0.05, 0) is 110 Å². The number of hydrogen-bond donors (Lipinski definition) is 4. The van der Waals surface area contributed by atoms with Crippen LogP contribution in [0.5, 0.6) is 11.5 Å². The molecule has 2 aromatic rings. The second-order valence-corrected chi connectivity index (χ2v) is 18.2. The smallest absolute Gasteiger partial charge is 0.338 e. The molecule has 7 rings (SSSR count). The zero-order chi connectivity index (χ0) is 43.1. The number of benzene rings is 2. The molecule has 2 saturated carbocycles. The Labute approximate surface area is 351 Å². The van der Waals surface area contributed by atoms with E-state index in [1.54, 1.807) is 18.2 Å². The van der Waals surface area contributed by atoms with Crippen LogP contribution in [0.1, 0.15) is 107 Å². The van der Waals surface area contributed by atoms with E-state index in [4.69, 9.17) is 33.2 Å². The van der Waals surface area contributed by atoms with Crippen molar-refractivity contribution in [2.24, 2.45) is 29.1 Å². The third kappa shape index (κ3) is 8.45. The molecule has 2 saturated heterocycles. The normalized spacial score (nSPS) is 36.7. The minimum atomic E-state index is -1.61. The molecule has 5 aliphatic rings. The average molecular weight is 839 g/mol. The van der Waals surface area contributed by atoms with Gasteiger partial charge in [-0.15, -0.1) is 0 Å². The van der Waals surface area contributed by atoms with Crippen LogP contribution in [0.4, 0.5) is 0 Å². The number of rotatable bonds is 13. The van der Waals surface area contributed by atoms with Crippen LogP contribution in [0, 0.1) is 29.1 Å². The van der Waals surface area contributed by atoms with Gasteiger partial charge in [0.25, 0.3) is 0 Å². The van der Waals surface area contributed by atoms with Crippen molar-refractivity contribution >= 4 is 17.7 Å². The van der Waals surface area contributed by atoms with E-state index < -0.39 is 78.1 Å². The van der Waals surface area contributed by atoms with Gasteiger partial charge < -0.3 is 53.6 Å². The van der Waals surface area contributed by atoms with Crippen LogP contribution < -0.4 is 4.74 Å². The molecule has 2 aliphatic heterocycles. The predicted octanol–water partition coefficient (Wildman–Crippen LogP) is 4.99. The monoisotopic (exact) mass is 838 g/mol. The molecular formula is C46H62O14. The lowest BCUT2D eigenvalue weighted by atomic mass is 9.51. The summed E-state index contributed by atoms with van der Waals surface area (Å²) in [5, 5.41) is 45.2. The van der Waals surface area contributed by atoms with E-state index in [0.717, 1.165) is 24.8 Å². The first-order valence-corrected chi connectivity index (χ1v) is 21.5. The van der Waals surface area contributed by atoms with Crippen LogP contribution in [-0.2, 0) is 44.4 Å². The largest absolute Gasteiger partial charge is 0.508 e. The van der Waals surface area contributed by atoms with Crippen molar-refractivity contribution in [2.45, 2.75) is 147 Å². The number of methoxy groups -OCH3 is 1. The van der Waals surface area contributed by atoms with E-state index >= 15 is 0 Å². The van der Waals surface area contributed by atoms with Crippen molar-refractivity contribution < 1.29 is 68.0 Å². The van der Waals surface area contributed by atoms with Crippen LogP contribution in [0.15, 0.2) is 42.5 Å². The van der Waals surface area contributed by atoms with E-state index in [0.29, 0.717) is 37.4 Å². The fourth-order valence-corrected chi connectivity index (χ4v) is 11.0. The molecule has 0 radical (unpaired) electrons. The van der Waals surface area contributed by atoms with Crippen LogP contribution in [-0.4, -0.2) is 113 Å². The fraction of sp³-hybridized carbons (Fsp3) is 0.674. The van der Waals surface area contributed by atoms with Crippen LogP contribution in [0.25, 0.3) is 0 Å². The molecular weight excluding hydrogens is 776 g/mol. The van der Waals surface area contributed by atoms with Crippen molar-refractivity contribution in [3.8, 4) is 11.5 Å². The second-order valence-electron chi connectivity index (χ2n) is 18.2. The lowest BCUT2D eigenvalue weighted by Crippen LogP contribution is -2.62. The summed E-state index contributed by atoms with van der Waals surface area (Å²) >= 11 is 0. The maximum absolute atomic E-state index is 14.1. The molecule has 2 aromatic carbocycles. The summed E-state index contributed by atoms with van der Waals surface area (Å²) in [5.41, 5.74) is 0.205. The standard InChI is InChI=1S/C46H62O14/c1-24(2)7-16-35(49)25(3)46(53)38(22-34-33-14-10-28-21-29(48)11-15-31(28)32(33)17-19-45(34,46)5)59-43-40(57-26(4)47)37(18-20-55-43)58-44-41(39(51)36(50)23-56-44)60-42(52)27-8-12-30(54-6)13-9-27/h8-9,11-13,15,21,24-25,32-34,36-41,43-44,48,50-51,53H,7,10,14,16-20,22-23H2,1-6H3/t25-,32-,33-,34+,36-,37-,38+,39+,40+,41-,43-,44+,45+,46-/m1/s1. The molecule has 0 amide bonds. The number of aliphatic hydroxyl groups excluding tert-OH is 2. The predicted molar refractivity (Wildman–Crippen MR) is 215 cm³/mol. The Balaban J connectivity index is 1.16. The molecule has 3 aliphatic carbocycles. The van der Waals surface area contributed by atoms with Crippen molar-refractivity contribution in [2.75, 3.05) is 20.3 Å². The molecule has 14 nitrogen and oxygen atoms in total. The number of aryl methyl sites for hydroxylation is 1. The van der Waals surface area contributed by atoms with Crippen molar-refractivity contribution in [1.82, 2.24) is 0 Å². The molecule has 2 heterocycles. The Kier molecular flexibility index (Phi) is 13.3. The van der Waals surface area contributed by atoms with Crippen molar-refractivity contribution in [3.63, 3.8) is 0 Å². The number of carbonyl (C=O) groups excluding carboxylic acids is 3. The zero-order valence-electron chi connectivity index (χ0n) is 35.5. The van der Waals surface area contributed by atoms with Crippen LogP contribution >= 0.6 is 0 Å². The van der Waals surface area contributed by atoms with Gasteiger partial charge in [0.1, 0.15) is 41.2 Å². The van der Waals surface area contributed by atoms with E-state index in [1.807, 2.05) is 19.1 Å². The van der Waals surface area contributed by atoms with Crippen LogP contribution in [0.2, 0.25) is 0 Å². The second kappa shape index (κ2) is 18.0. The number of ether oxygens (including phenoxy) is 7. The average Bonchev–Trinajstić information content (AvgIpc) is 3.45. The summed E-state index contributed by atoms with van der Waals surface area (Å²) in [5.74, 6) is -0.820. The van der Waals surface area contributed by atoms with E-state index in [1.165, 1.54) is 31.7 Å². The van der Waals surface area contributed by atoms with Gasteiger partial charge in [0.05, 0.1) is 32.0 Å². The number of fused-ring (bicyclic) bond motifs is 5. The Hall–Kier alpha value is -3.63. The third-order valence-corrected chi connectivity index (χ3v) is 14.3. The maximum Gasteiger partial charge on any atom is 0.338 e. The molecule has 0 aromatic heterocycles. The number of esters is 2. The molecule has 4 N–H and O–H groups in total. The van der Waals surface area contributed by atoms with Gasteiger partial charge in [0.2, 0.25) is 0 Å². The lowest BCUT2D eigenvalue weighted by molar-refractivity contribution is -0.329. The molecule has 4 fully saturated rings. The number of ketones is 1. The summed E-state index contributed by atoms with van der Waals surface area (Å²) < 4.78 is 42.1.